The number of nitrogen functional groups attached to an aromatic ring is 1. The third-order valence-electron chi connectivity index (χ3n) is 2.68. The monoisotopic (exact) mass is 278 g/mol. The smallest absolute Gasteiger partial charge is 0.258 e. The third kappa shape index (κ3) is 2.85. The zero-order valence-electron chi connectivity index (χ0n) is 10.6. The van der Waals surface area contributed by atoms with Gasteiger partial charge in [0.05, 0.1) is 24.0 Å². The lowest BCUT2D eigenvalue weighted by atomic mass is 10.1. The standard InChI is InChI=1S/C14H12F2N2O2/c1-20-9-3-4-10(11(16)7-9)14(19)18-13-6-8(15)2-5-12(13)17/h2-7H,17H2,1H3,(H,18,19). The molecule has 20 heavy (non-hydrogen) atoms. The normalized spacial score (nSPS) is 10.2. The summed E-state index contributed by atoms with van der Waals surface area (Å²) in [4.78, 5) is 11.9. The molecule has 0 heterocycles. The number of carbonyl (C=O) groups excluding carboxylic acids is 1. The summed E-state index contributed by atoms with van der Waals surface area (Å²) >= 11 is 0. The van der Waals surface area contributed by atoms with Gasteiger partial charge in [0.25, 0.3) is 5.91 Å². The maximum Gasteiger partial charge on any atom is 0.258 e. The van der Waals surface area contributed by atoms with E-state index in [-0.39, 0.29) is 16.9 Å². The Morgan fingerprint density at radius 1 is 1.20 bits per heavy atom. The first kappa shape index (κ1) is 13.8. The van der Waals surface area contributed by atoms with Crippen LogP contribution in [-0.2, 0) is 0 Å². The predicted molar refractivity (Wildman–Crippen MR) is 71.7 cm³/mol. The van der Waals surface area contributed by atoms with Gasteiger partial charge in [-0.05, 0) is 30.3 Å². The van der Waals surface area contributed by atoms with Crippen molar-refractivity contribution in [1.82, 2.24) is 0 Å². The van der Waals surface area contributed by atoms with E-state index in [4.69, 9.17) is 10.5 Å². The molecule has 2 rings (SSSR count). The summed E-state index contributed by atoms with van der Waals surface area (Å²) in [6.07, 6.45) is 0. The quantitative estimate of drug-likeness (QED) is 0.848. The molecular formula is C14H12F2N2O2. The number of amides is 1. The number of hydrogen-bond donors (Lipinski definition) is 2. The Morgan fingerprint density at radius 3 is 2.60 bits per heavy atom. The van der Waals surface area contributed by atoms with E-state index in [1.807, 2.05) is 0 Å². The van der Waals surface area contributed by atoms with E-state index < -0.39 is 17.5 Å². The molecule has 104 valence electrons. The number of rotatable bonds is 3. The molecule has 4 nitrogen and oxygen atoms in total. The first-order valence-electron chi connectivity index (χ1n) is 5.71. The maximum atomic E-state index is 13.7. The lowest BCUT2D eigenvalue weighted by molar-refractivity contribution is 0.102. The van der Waals surface area contributed by atoms with Crippen molar-refractivity contribution in [2.24, 2.45) is 0 Å². The molecule has 0 saturated heterocycles. The van der Waals surface area contributed by atoms with Gasteiger partial charge in [-0.2, -0.15) is 0 Å². The Bertz CT molecular complexity index is 660. The van der Waals surface area contributed by atoms with Crippen LogP contribution in [0.1, 0.15) is 10.4 Å². The lowest BCUT2D eigenvalue weighted by Crippen LogP contribution is -2.15. The van der Waals surface area contributed by atoms with Gasteiger partial charge < -0.3 is 15.8 Å². The predicted octanol–water partition coefficient (Wildman–Crippen LogP) is 2.81. The summed E-state index contributed by atoms with van der Waals surface area (Å²) in [5.74, 6) is -1.71. The van der Waals surface area contributed by atoms with Crippen LogP contribution in [0, 0.1) is 11.6 Å². The molecule has 0 aliphatic carbocycles. The zero-order chi connectivity index (χ0) is 14.7. The average Bonchev–Trinajstić information content (AvgIpc) is 2.42. The topological polar surface area (TPSA) is 64.3 Å². The van der Waals surface area contributed by atoms with E-state index in [0.717, 1.165) is 12.1 Å². The molecule has 0 spiro atoms. The Kier molecular flexibility index (Phi) is 3.84. The van der Waals surface area contributed by atoms with E-state index in [2.05, 4.69) is 5.32 Å². The third-order valence-corrected chi connectivity index (χ3v) is 2.68. The molecule has 0 aliphatic rings. The summed E-state index contributed by atoms with van der Waals surface area (Å²) in [6.45, 7) is 0. The molecule has 1 amide bonds. The van der Waals surface area contributed by atoms with E-state index in [1.54, 1.807) is 0 Å². The fraction of sp³-hybridized carbons (Fsp3) is 0.0714. The van der Waals surface area contributed by atoms with Gasteiger partial charge in [-0.3, -0.25) is 4.79 Å². The van der Waals surface area contributed by atoms with E-state index in [1.165, 1.54) is 31.4 Å². The first-order chi connectivity index (χ1) is 9.51. The van der Waals surface area contributed by atoms with Crippen LogP contribution in [0.3, 0.4) is 0 Å². The van der Waals surface area contributed by atoms with Gasteiger partial charge in [0.2, 0.25) is 0 Å². The molecule has 2 aromatic rings. The van der Waals surface area contributed by atoms with Gasteiger partial charge in [-0.25, -0.2) is 8.78 Å². The highest BCUT2D eigenvalue weighted by Gasteiger charge is 2.14. The minimum Gasteiger partial charge on any atom is -0.497 e. The van der Waals surface area contributed by atoms with Crippen molar-refractivity contribution in [3.8, 4) is 5.75 Å². The molecule has 0 bridgehead atoms. The SMILES string of the molecule is COc1ccc(C(=O)Nc2cc(F)ccc2N)c(F)c1. The van der Waals surface area contributed by atoms with Gasteiger partial charge >= 0.3 is 0 Å². The number of benzene rings is 2. The van der Waals surface area contributed by atoms with Crippen molar-refractivity contribution in [3.63, 3.8) is 0 Å². The Labute approximate surface area is 114 Å². The molecule has 6 heteroatoms. The summed E-state index contributed by atoms with van der Waals surface area (Å²) in [7, 11) is 1.39. The average molecular weight is 278 g/mol. The van der Waals surface area contributed by atoms with Crippen LogP contribution in [0.4, 0.5) is 20.2 Å². The number of nitrogens with two attached hydrogens (primary N) is 1. The number of carbonyl (C=O) groups is 1. The van der Waals surface area contributed by atoms with Gasteiger partial charge in [-0.15, -0.1) is 0 Å². The highest BCUT2D eigenvalue weighted by molar-refractivity contribution is 6.05. The van der Waals surface area contributed by atoms with Crippen molar-refractivity contribution in [2.45, 2.75) is 0 Å². The van der Waals surface area contributed by atoms with Crippen LogP contribution in [0.15, 0.2) is 36.4 Å². The van der Waals surface area contributed by atoms with Gasteiger partial charge in [0.1, 0.15) is 17.4 Å². The van der Waals surface area contributed by atoms with Gasteiger partial charge in [0, 0.05) is 6.07 Å². The number of halogens is 2. The van der Waals surface area contributed by atoms with Crippen molar-refractivity contribution < 1.29 is 18.3 Å². The summed E-state index contributed by atoms with van der Waals surface area (Å²) < 4.78 is 31.6. The molecule has 0 fully saturated rings. The zero-order valence-corrected chi connectivity index (χ0v) is 10.6. The number of hydrogen-bond acceptors (Lipinski definition) is 3. The van der Waals surface area contributed by atoms with Crippen molar-refractivity contribution >= 4 is 17.3 Å². The molecule has 3 N–H and O–H groups in total. The molecule has 2 aromatic carbocycles. The summed E-state index contributed by atoms with van der Waals surface area (Å²) in [5.41, 5.74) is 5.70. The van der Waals surface area contributed by atoms with Crippen LogP contribution < -0.4 is 15.8 Å². The molecule has 0 aliphatic heterocycles. The van der Waals surface area contributed by atoms with Crippen LogP contribution in [0.5, 0.6) is 5.75 Å². The van der Waals surface area contributed by atoms with Gasteiger partial charge in [-0.1, -0.05) is 0 Å². The fourth-order valence-corrected chi connectivity index (χ4v) is 1.63. The Balaban J connectivity index is 2.26. The molecular weight excluding hydrogens is 266 g/mol. The van der Waals surface area contributed by atoms with Crippen LogP contribution in [0.25, 0.3) is 0 Å². The van der Waals surface area contributed by atoms with E-state index in [0.29, 0.717) is 5.75 Å². The highest BCUT2D eigenvalue weighted by Crippen LogP contribution is 2.22. The maximum absolute atomic E-state index is 13.7. The van der Waals surface area contributed by atoms with Crippen LogP contribution in [0.2, 0.25) is 0 Å². The number of ether oxygens (including phenoxy) is 1. The lowest BCUT2D eigenvalue weighted by Gasteiger charge is -2.09. The van der Waals surface area contributed by atoms with Crippen LogP contribution >= 0.6 is 0 Å². The van der Waals surface area contributed by atoms with Crippen molar-refractivity contribution in [3.05, 3.63) is 53.6 Å². The van der Waals surface area contributed by atoms with Gasteiger partial charge in [0.15, 0.2) is 0 Å². The highest BCUT2D eigenvalue weighted by atomic mass is 19.1. The summed E-state index contributed by atoms with van der Waals surface area (Å²) in [5, 5.41) is 2.36. The molecule has 0 aromatic heterocycles. The Morgan fingerprint density at radius 2 is 1.95 bits per heavy atom. The van der Waals surface area contributed by atoms with E-state index in [9.17, 15) is 13.6 Å². The second-order valence-corrected chi connectivity index (χ2v) is 4.03. The second-order valence-electron chi connectivity index (χ2n) is 4.03. The minimum absolute atomic E-state index is 0.0882. The fourth-order valence-electron chi connectivity index (χ4n) is 1.63. The van der Waals surface area contributed by atoms with Crippen molar-refractivity contribution in [1.29, 1.82) is 0 Å². The first-order valence-corrected chi connectivity index (χ1v) is 5.71. The minimum atomic E-state index is -0.739. The number of anilines is 2. The largest absolute Gasteiger partial charge is 0.497 e. The van der Waals surface area contributed by atoms with E-state index >= 15 is 0 Å². The summed E-state index contributed by atoms with van der Waals surface area (Å²) in [6, 6.07) is 7.36. The van der Waals surface area contributed by atoms with Crippen molar-refractivity contribution in [2.75, 3.05) is 18.2 Å². The molecule has 0 radical (unpaired) electrons. The molecule has 0 atom stereocenters. The molecule has 0 unspecified atom stereocenters. The van der Waals surface area contributed by atoms with Crippen LogP contribution in [-0.4, -0.2) is 13.0 Å². The number of methoxy groups -OCH3 is 1. The second kappa shape index (κ2) is 5.56. The number of nitrogens with one attached hydrogen (secondary N) is 1. The molecule has 0 saturated carbocycles. The Hall–Kier alpha value is -2.63.